The van der Waals surface area contributed by atoms with Crippen LogP contribution in [0.15, 0.2) is 42.5 Å². The lowest BCUT2D eigenvalue weighted by Crippen LogP contribution is -2.15. The minimum Gasteiger partial charge on any atom is -0.496 e. The van der Waals surface area contributed by atoms with E-state index in [1.54, 1.807) is 13.2 Å². The summed E-state index contributed by atoms with van der Waals surface area (Å²) in [7, 11) is 1.65. The normalized spacial score (nSPS) is 17.6. The van der Waals surface area contributed by atoms with Gasteiger partial charge < -0.3 is 10.1 Å². The molecule has 18 heavy (non-hydrogen) atoms. The summed E-state index contributed by atoms with van der Waals surface area (Å²) >= 11 is 0. The Morgan fingerprint density at radius 2 is 2.00 bits per heavy atom. The Morgan fingerprint density at radius 1 is 1.17 bits per heavy atom. The molecule has 1 unspecified atom stereocenters. The first-order valence-electron chi connectivity index (χ1n) is 5.95. The molecule has 0 fully saturated rings. The molecule has 2 aromatic rings. The predicted molar refractivity (Wildman–Crippen MR) is 68.1 cm³/mol. The van der Waals surface area contributed by atoms with E-state index in [0.29, 0.717) is 5.56 Å². The number of nitrogens with one attached hydrogen (secondary N) is 1. The molecule has 3 rings (SSSR count). The summed E-state index contributed by atoms with van der Waals surface area (Å²) in [4.78, 5) is 0. The Hall–Kier alpha value is -1.87. The highest BCUT2D eigenvalue weighted by Gasteiger charge is 2.28. The van der Waals surface area contributed by atoms with Crippen molar-refractivity contribution in [3.8, 4) is 5.75 Å². The van der Waals surface area contributed by atoms with Crippen LogP contribution >= 0.6 is 0 Å². The number of hydrogen-bond acceptors (Lipinski definition) is 2. The van der Waals surface area contributed by atoms with Crippen molar-refractivity contribution >= 4 is 0 Å². The summed E-state index contributed by atoms with van der Waals surface area (Å²) in [6, 6.07) is 12.7. The van der Waals surface area contributed by atoms with Crippen molar-refractivity contribution in [2.75, 3.05) is 7.11 Å². The molecule has 1 aliphatic rings. The molecule has 92 valence electrons. The Morgan fingerprint density at radius 3 is 2.78 bits per heavy atom. The zero-order valence-corrected chi connectivity index (χ0v) is 10.1. The maximum atomic E-state index is 13.9. The van der Waals surface area contributed by atoms with Crippen LogP contribution in [0.4, 0.5) is 4.39 Å². The van der Waals surface area contributed by atoms with Gasteiger partial charge in [0.05, 0.1) is 13.2 Å². The first kappa shape index (κ1) is 11.2. The van der Waals surface area contributed by atoms with E-state index >= 15 is 0 Å². The average molecular weight is 243 g/mol. The maximum absolute atomic E-state index is 13.9. The molecule has 3 heteroatoms. The fraction of sp³-hybridized carbons (Fsp3) is 0.200. The van der Waals surface area contributed by atoms with Gasteiger partial charge in [0, 0.05) is 17.7 Å². The van der Waals surface area contributed by atoms with E-state index in [9.17, 15) is 4.39 Å². The lowest BCUT2D eigenvalue weighted by Gasteiger charge is -2.16. The van der Waals surface area contributed by atoms with E-state index < -0.39 is 0 Å². The quantitative estimate of drug-likeness (QED) is 0.875. The van der Waals surface area contributed by atoms with Crippen LogP contribution in [-0.2, 0) is 6.54 Å². The van der Waals surface area contributed by atoms with E-state index in [0.717, 1.165) is 17.9 Å². The summed E-state index contributed by atoms with van der Waals surface area (Å²) in [5, 5.41) is 3.33. The summed E-state index contributed by atoms with van der Waals surface area (Å²) in [6.07, 6.45) is 0. The molecule has 1 N–H and O–H groups in total. The Labute approximate surface area is 105 Å². The van der Waals surface area contributed by atoms with Crippen LogP contribution in [0.25, 0.3) is 0 Å². The lowest BCUT2D eigenvalue weighted by molar-refractivity contribution is 0.407. The van der Waals surface area contributed by atoms with Crippen molar-refractivity contribution in [3.63, 3.8) is 0 Å². The highest BCUT2D eigenvalue weighted by molar-refractivity contribution is 5.49. The van der Waals surface area contributed by atoms with E-state index in [-0.39, 0.29) is 11.9 Å². The molecule has 2 nitrogen and oxygen atoms in total. The second-order valence-corrected chi connectivity index (χ2v) is 4.37. The number of rotatable bonds is 2. The third-order valence-electron chi connectivity index (χ3n) is 3.38. The van der Waals surface area contributed by atoms with Gasteiger partial charge in [0.15, 0.2) is 0 Å². The zero-order chi connectivity index (χ0) is 12.5. The SMILES string of the molecule is COc1cccc2c1C(c1ccccc1F)NC2. The molecule has 0 saturated carbocycles. The first-order valence-corrected chi connectivity index (χ1v) is 5.95. The second-order valence-electron chi connectivity index (χ2n) is 4.37. The summed E-state index contributed by atoms with van der Waals surface area (Å²) < 4.78 is 19.3. The van der Waals surface area contributed by atoms with Gasteiger partial charge in [-0.05, 0) is 17.7 Å². The monoisotopic (exact) mass is 243 g/mol. The van der Waals surface area contributed by atoms with Crippen LogP contribution in [0.1, 0.15) is 22.7 Å². The van der Waals surface area contributed by atoms with Crippen LogP contribution in [0.5, 0.6) is 5.75 Å². The Kier molecular flexibility index (Phi) is 2.76. The molecule has 0 radical (unpaired) electrons. The molecular weight excluding hydrogens is 229 g/mol. The molecule has 0 aromatic heterocycles. The van der Waals surface area contributed by atoms with E-state index in [4.69, 9.17) is 4.74 Å². The minimum absolute atomic E-state index is 0.127. The highest BCUT2D eigenvalue weighted by Crippen LogP contribution is 2.38. The first-order chi connectivity index (χ1) is 8.81. The van der Waals surface area contributed by atoms with Gasteiger partial charge in [-0.1, -0.05) is 30.3 Å². The molecule has 2 aromatic carbocycles. The van der Waals surface area contributed by atoms with Crippen molar-refractivity contribution in [2.45, 2.75) is 12.6 Å². The standard InChI is InChI=1S/C15H14FNO/c1-18-13-8-4-5-10-9-17-15(14(10)13)11-6-2-3-7-12(11)16/h2-8,15,17H,9H2,1H3. The van der Waals surface area contributed by atoms with Crippen molar-refractivity contribution < 1.29 is 9.13 Å². The zero-order valence-electron chi connectivity index (χ0n) is 10.1. The van der Waals surface area contributed by atoms with Crippen LogP contribution in [0, 0.1) is 5.82 Å². The van der Waals surface area contributed by atoms with Gasteiger partial charge in [-0.15, -0.1) is 0 Å². The van der Waals surface area contributed by atoms with Gasteiger partial charge in [-0.3, -0.25) is 0 Å². The third kappa shape index (κ3) is 1.68. The second kappa shape index (κ2) is 4.42. The third-order valence-corrected chi connectivity index (χ3v) is 3.38. The van der Waals surface area contributed by atoms with Crippen molar-refractivity contribution in [2.24, 2.45) is 0 Å². The average Bonchev–Trinajstić information content (AvgIpc) is 2.83. The number of fused-ring (bicyclic) bond motifs is 1. The van der Waals surface area contributed by atoms with Gasteiger partial charge in [0.2, 0.25) is 0 Å². The van der Waals surface area contributed by atoms with Gasteiger partial charge in [-0.25, -0.2) is 4.39 Å². The van der Waals surface area contributed by atoms with Crippen molar-refractivity contribution in [1.29, 1.82) is 0 Å². The highest BCUT2D eigenvalue weighted by atomic mass is 19.1. The van der Waals surface area contributed by atoms with Gasteiger partial charge in [0.25, 0.3) is 0 Å². The number of methoxy groups -OCH3 is 1. The summed E-state index contributed by atoms with van der Waals surface area (Å²) in [6.45, 7) is 0.742. The molecule has 0 saturated heterocycles. The van der Waals surface area contributed by atoms with Gasteiger partial charge in [-0.2, -0.15) is 0 Å². The van der Waals surface area contributed by atoms with E-state index in [1.807, 2.05) is 30.3 Å². The predicted octanol–water partition coefficient (Wildman–Crippen LogP) is 3.03. The van der Waals surface area contributed by atoms with E-state index in [2.05, 4.69) is 5.32 Å². The molecule has 0 spiro atoms. The lowest BCUT2D eigenvalue weighted by atomic mass is 9.97. The van der Waals surface area contributed by atoms with Crippen molar-refractivity contribution in [3.05, 3.63) is 65.0 Å². The maximum Gasteiger partial charge on any atom is 0.128 e. The molecule has 0 aliphatic carbocycles. The molecule has 1 heterocycles. The Balaban J connectivity index is 2.13. The number of ether oxygens (including phenoxy) is 1. The smallest absolute Gasteiger partial charge is 0.128 e. The summed E-state index contributed by atoms with van der Waals surface area (Å²) in [5.41, 5.74) is 2.88. The van der Waals surface area contributed by atoms with Crippen LogP contribution in [0.3, 0.4) is 0 Å². The fourth-order valence-electron chi connectivity index (χ4n) is 2.54. The fourth-order valence-corrected chi connectivity index (χ4v) is 2.54. The van der Waals surface area contributed by atoms with Gasteiger partial charge in [0.1, 0.15) is 11.6 Å². The molecule has 1 atom stereocenters. The molecular formula is C15H14FNO. The summed E-state index contributed by atoms with van der Waals surface area (Å²) in [5.74, 6) is 0.625. The van der Waals surface area contributed by atoms with Crippen LogP contribution in [-0.4, -0.2) is 7.11 Å². The van der Waals surface area contributed by atoms with Gasteiger partial charge >= 0.3 is 0 Å². The largest absolute Gasteiger partial charge is 0.496 e. The van der Waals surface area contributed by atoms with E-state index in [1.165, 1.54) is 11.6 Å². The Bertz CT molecular complexity index is 582. The number of benzene rings is 2. The topological polar surface area (TPSA) is 21.3 Å². The number of hydrogen-bond donors (Lipinski definition) is 1. The van der Waals surface area contributed by atoms with Crippen molar-refractivity contribution in [1.82, 2.24) is 5.32 Å². The van der Waals surface area contributed by atoms with Crippen LogP contribution in [0.2, 0.25) is 0 Å². The van der Waals surface area contributed by atoms with Crippen LogP contribution < -0.4 is 10.1 Å². The molecule has 0 amide bonds. The number of halogens is 1. The molecule has 1 aliphatic heterocycles. The minimum atomic E-state index is -0.186. The molecule has 0 bridgehead atoms.